The molecule has 3 amide bonds. The fourth-order valence-electron chi connectivity index (χ4n) is 4.77. The standard InChI is InChI=1S/C33H54N4O7Si/c1-10-11-15-24(43-7)21-28(38)35-29(22(2)3)30(39)34-27(31(40)37-18-13-17-26(36-37)32(41)42)20-23-14-12-16-25(19-23)44-45(8,9)33(4,5)6/h10,12,14,16,19,22,24,26-27,29,36H,1,11,13,15,17-18,20-21H2,2-9H3,(H,34,39)(H,35,38)(H,41,42). The minimum Gasteiger partial charge on any atom is -0.543 e. The number of nitrogens with one attached hydrogen (secondary N) is 3. The monoisotopic (exact) mass is 646 g/mol. The van der Waals surface area contributed by atoms with Crippen molar-refractivity contribution < 1.29 is 33.4 Å². The third-order valence-corrected chi connectivity index (χ3v) is 12.9. The van der Waals surface area contributed by atoms with Gasteiger partial charge in [0.15, 0.2) is 0 Å². The minimum absolute atomic E-state index is 0.0126. The number of aliphatic carboxylic acids is 1. The summed E-state index contributed by atoms with van der Waals surface area (Å²) in [4.78, 5) is 52.2. The van der Waals surface area contributed by atoms with Crippen LogP contribution in [0.5, 0.6) is 5.75 Å². The molecule has 0 aromatic heterocycles. The molecule has 0 saturated carbocycles. The Labute approximate surface area is 269 Å². The van der Waals surface area contributed by atoms with Gasteiger partial charge >= 0.3 is 5.97 Å². The number of carboxylic acid groups (broad SMARTS) is 1. The van der Waals surface area contributed by atoms with E-state index in [2.05, 4.69) is 56.5 Å². The molecule has 2 rings (SSSR count). The number of allylic oxidation sites excluding steroid dienone is 1. The van der Waals surface area contributed by atoms with E-state index in [1.165, 1.54) is 5.01 Å². The number of carbonyl (C=O) groups is 4. The molecular formula is C33H54N4O7Si. The Morgan fingerprint density at radius 3 is 2.47 bits per heavy atom. The zero-order valence-corrected chi connectivity index (χ0v) is 29.3. The first-order valence-electron chi connectivity index (χ1n) is 15.8. The first-order chi connectivity index (χ1) is 21.0. The van der Waals surface area contributed by atoms with E-state index in [1.807, 2.05) is 38.1 Å². The van der Waals surface area contributed by atoms with Crippen LogP contribution in [0.25, 0.3) is 0 Å². The molecule has 1 aliphatic heterocycles. The summed E-state index contributed by atoms with van der Waals surface area (Å²) in [6.45, 7) is 18.4. The highest BCUT2D eigenvalue weighted by atomic mass is 28.4. The van der Waals surface area contributed by atoms with Crippen LogP contribution >= 0.6 is 0 Å². The van der Waals surface area contributed by atoms with Crippen molar-refractivity contribution in [2.45, 2.75) is 116 Å². The molecule has 45 heavy (non-hydrogen) atoms. The van der Waals surface area contributed by atoms with E-state index in [-0.39, 0.29) is 35.8 Å². The molecule has 1 heterocycles. The van der Waals surface area contributed by atoms with E-state index in [1.54, 1.807) is 13.2 Å². The highest BCUT2D eigenvalue weighted by Crippen LogP contribution is 2.37. The molecule has 0 radical (unpaired) electrons. The van der Waals surface area contributed by atoms with Crippen LogP contribution in [0.2, 0.25) is 18.1 Å². The van der Waals surface area contributed by atoms with Crippen LogP contribution in [0.3, 0.4) is 0 Å². The first kappa shape index (κ1) is 38.0. The van der Waals surface area contributed by atoms with Crippen LogP contribution in [-0.2, 0) is 30.3 Å². The van der Waals surface area contributed by atoms with Crippen molar-refractivity contribution >= 4 is 32.0 Å². The quantitative estimate of drug-likeness (QED) is 0.155. The van der Waals surface area contributed by atoms with Crippen molar-refractivity contribution in [2.75, 3.05) is 13.7 Å². The number of amides is 3. The Hall–Kier alpha value is -3.22. The molecule has 1 aromatic rings. The molecule has 0 aliphatic carbocycles. The first-order valence-corrected chi connectivity index (χ1v) is 18.7. The van der Waals surface area contributed by atoms with Gasteiger partial charge in [0.25, 0.3) is 5.91 Å². The number of hydrazine groups is 1. The summed E-state index contributed by atoms with van der Waals surface area (Å²) < 4.78 is 11.9. The molecule has 1 aromatic carbocycles. The molecule has 0 spiro atoms. The number of carboxylic acids is 1. The summed E-state index contributed by atoms with van der Waals surface area (Å²) in [6, 6.07) is 4.65. The molecule has 1 saturated heterocycles. The summed E-state index contributed by atoms with van der Waals surface area (Å²) in [5.41, 5.74) is 3.57. The van der Waals surface area contributed by atoms with Gasteiger partial charge < -0.3 is 24.9 Å². The summed E-state index contributed by atoms with van der Waals surface area (Å²) in [5.74, 6) is -1.92. The predicted molar refractivity (Wildman–Crippen MR) is 177 cm³/mol. The Balaban J connectivity index is 2.32. The molecule has 4 N–H and O–H groups in total. The number of ether oxygens (including phenoxy) is 1. The van der Waals surface area contributed by atoms with E-state index in [0.717, 1.165) is 5.56 Å². The van der Waals surface area contributed by atoms with Crippen molar-refractivity contribution in [1.29, 1.82) is 0 Å². The molecule has 1 aliphatic rings. The summed E-state index contributed by atoms with van der Waals surface area (Å²) >= 11 is 0. The maximum absolute atomic E-state index is 13.9. The average molecular weight is 647 g/mol. The molecule has 1 fully saturated rings. The van der Waals surface area contributed by atoms with Crippen LogP contribution in [0.15, 0.2) is 36.9 Å². The SMILES string of the molecule is C=CCCC(CC(=O)NC(C(=O)NC(Cc1cccc(O[Si](C)(C)C(C)(C)C)c1)C(=O)N1CCCC(C(=O)O)N1)C(C)C)OC. The summed E-state index contributed by atoms with van der Waals surface area (Å²) in [7, 11) is -0.591. The third kappa shape index (κ3) is 11.6. The second kappa shape index (κ2) is 16.9. The summed E-state index contributed by atoms with van der Waals surface area (Å²) in [5, 5.41) is 16.5. The number of hydrogen-bond donors (Lipinski definition) is 4. The van der Waals surface area contributed by atoms with Gasteiger partial charge in [-0.15, -0.1) is 6.58 Å². The van der Waals surface area contributed by atoms with Crippen LogP contribution in [0.1, 0.15) is 72.3 Å². The fourth-order valence-corrected chi connectivity index (χ4v) is 5.80. The minimum atomic E-state index is -2.13. The van der Waals surface area contributed by atoms with Gasteiger partial charge in [-0.3, -0.25) is 24.2 Å². The number of benzene rings is 1. The normalized spacial score (nSPS) is 17.6. The average Bonchev–Trinajstić information content (AvgIpc) is 2.96. The van der Waals surface area contributed by atoms with Gasteiger partial charge in [0.1, 0.15) is 23.9 Å². The Morgan fingerprint density at radius 2 is 1.89 bits per heavy atom. The van der Waals surface area contributed by atoms with Crippen molar-refractivity contribution in [1.82, 2.24) is 21.1 Å². The lowest BCUT2D eigenvalue weighted by Crippen LogP contribution is -2.62. The van der Waals surface area contributed by atoms with Crippen molar-refractivity contribution in [2.24, 2.45) is 5.92 Å². The molecule has 12 heteroatoms. The number of rotatable bonds is 16. The van der Waals surface area contributed by atoms with Crippen LogP contribution in [0, 0.1) is 5.92 Å². The van der Waals surface area contributed by atoms with Gasteiger partial charge in [0.2, 0.25) is 20.1 Å². The zero-order valence-electron chi connectivity index (χ0n) is 28.3. The van der Waals surface area contributed by atoms with Gasteiger partial charge in [-0.25, -0.2) is 5.43 Å². The highest BCUT2D eigenvalue weighted by molar-refractivity contribution is 6.74. The second-order valence-corrected chi connectivity index (χ2v) is 18.4. The van der Waals surface area contributed by atoms with E-state index in [0.29, 0.717) is 38.0 Å². The van der Waals surface area contributed by atoms with Gasteiger partial charge in [-0.2, -0.15) is 0 Å². The molecule has 252 valence electrons. The molecule has 0 bridgehead atoms. The van der Waals surface area contributed by atoms with Crippen LogP contribution < -0.4 is 20.5 Å². The largest absolute Gasteiger partial charge is 0.543 e. The smallest absolute Gasteiger partial charge is 0.322 e. The van der Waals surface area contributed by atoms with Crippen molar-refractivity contribution in [3.63, 3.8) is 0 Å². The topological polar surface area (TPSA) is 146 Å². The number of carbonyl (C=O) groups excluding carboxylic acids is 3. The van der Waals surface area contributed by atoms with E-state index < -0.39 is 44.2 Å². The Kier molecular flexibility index (Phi) is 14.3. The molecule has 4 atom stereocenters. The lowest BCUT2D eigenvalue weighted by Gasteiger charge is -2.36. The fraction of sp³-hybridized carbons (Fsp3) is 0.636. The Morgan fingerprint density at radius 1 is 1.20 bits per heavy atom. The maximum atomic E-state index is 13.9. The molecule has 4 unspecified atom stereocenters. The highest BCUT2D eigenvalue weighted by Gasteiger charge is 2.39. The number of nitrogens with zero attached hydrogens (tertiary/aromatic N) is 1. The van der Waals surface area contributed by atoms with Gasteiger partial charge in [-0.05, 0) is 67.4 Å². The van der Waals surface area contributed by atoms with E-state index in [4.69, 9.17) is 9.16 Å². The van der Waals surface area contributed by atoms with E-state index >= 15 is 0 Å². The van der Waals surface area contributed by atoms with Crippen LogP contribution in [0.4, 0.5) is 0 Å². The van der Waals surface area contributed by atoms with Gasteiger partial charge in [0, 0.05) is 20.1 Å². The molecular weight excluding hydrogens is 592 g/mol. The van der Waals surface area contributed by atoms with Gasteiger partial charge in [0.05, 0.1) is 12.5 Å². The molecule has 11 nitrogen and oxygen atoms in total. The lowest BCUT2D eigenvalue weighted by molar-refractivity contribution is -0.148. The number of hydrogen-bond acceptors (Lipinski definition) is 7. The predicted octanol–water partition coefficient (Wildman–Crippen LogP) is 4.19. The Bertz CT molecular complexity index is 1180. The second-order valence-electron chi connectivity index (χ2n) is 13.6. The van der Waals surface area contributed by atoms with Crippen molar-refractivity contribution in [3.8, 4) is 5.75 Å². The van der Waals surface area contributed by atoms with Crippen LogP contribution in [-0.4, -0.2) is 80.0 Å². The lowest BCUT2D eigenvalue weighted by atomic mass is 10.00. The van der Waals surface area contributed by atoms with E-state index in [9.17, 15) is 24.3 Å². The third-order valence-electron chi connectivity index (χ3n) is 8.59. The number of methoxy groups -OCH3 is 1. The maximum Gasteiger partial charge on any atom is 0.322 e. The van der Waals surface area contributed by atoms with Gasteiger partial charge in [-0.1, -0.05) is 52.8 Å². The zero-order chi connectivity index (χ0) is 33.9. The summed E-state index contributed by atoms with van der Waals surface area (Å²) in [6.07, 6.45) is 3.88. The van der Waals surface area contributed by atoms with Crippen molar-refractivity contribution in [3.05, 3.63) is 42.5 Å².